The monoisotopic (exact) mass is 920 g/mol. The molecule has 4 aromatic heterocycles. The van der Waals surface area contributed by atoms with Crippen molar-refractivity contribution in [1.29, 1.82) is 0 Å². The van der Waals surface area contributed by atoms with Crippen LogP contribution in [0.2, 0.25) is 0 Å². The van der Waals surface area contributed by atoms with Crippen molar-refractivity contribution in [1.82, 2.24) is 18.7 Å². The topological polar surface area (TPSA) is 27.7 Å². The first-order chi connectivity index (χ1) is 35.6. The molecule has 13 aromatic rings. The van der Waals surface area contributed by atoms with E-state index in [1.165, 1.54) is 93.4 Å². The standard InChI is InChI=1S/C68H48N4/c1-45-16-13-23-55(42-56(36-45)72-63-28-9-5-24-57(63)58-25-6-10-29-64(58)72)71-66-31-12-8-27-60(66)62-41-51(33-35-68(62)71)47-18-15-20-49(38-47)53-39-52(43-69-44-53)48-19-14-17-46(37-48)50-32-34-67-61(40-50)59-26-7-11-30-65(59)70(67)54-21-3-2-4-22-54/h2-15,17-45H,16H2,1H3. The Balaban J connectivity index is 0.812. The van der Waals surface area contributed by atoms with Crippen LogP contribution in [0.15, 0.2) is 255 Å². The minimum Gasteiger partial charge on any atom is -0.309 e. The minimum atomic E-state index is 0.378. The fourth-order valence-corrected chi connectivity index (χ4v) is 11.4. The molecule has 1 aliphatic rings. The number of pyridine rings is 1. The predicted octanol–water partition coefficient (Wildman–Crippen LogP) is 18.0. The second kappa shape index (κ2) is 17.0. The van der Waals surface area contributed by atoms with E-state index in [0.717, 1.165) is 40.1 Å². The van der Waals surface area contributed by atoms with Gasteiger partial charge in [-0.2, -0.15) is 0 Å². The molecule has 0 spiro atoms. The van der Waals surface area contributed by atoms with E-state index in [1.54, 1.807) is 0 Å². The maximum atomic E-state index is 4.82. The summed E-state index contributed by atoms with van der Waals surface area (Å²) >= 11 is 0. The van der Waals surface area contributed by atoms with Gasteiger partial charge in [0.25, 0.3) is 0 Å². The molecule has 1 unspecified atom stereocenters. The summed E-state index contributed by atoms with van der Waals surface area (Å²) in [5, 5.41) is 7.49. The first-order valence-electron chi connectivity index (χ1n) is 25.0. The predicted molar refractivity (Wildman–Crippen MR) is 304 cm³/mol. The summed E-state index contributed by atoms with van der Waals surface area (Å²) in [5.41, 5.74) is 19.8. The third kappa shape index (κ3) is 6.94. The van der Waals surface area contributed by atoms with E-state index >= 15 is 0 Å². The molecule has 14 rings (SSSR count). The molecule has 9 aromatic carbocycles. The zero-order valence-corrected chi connectivity index (χ0v) is 39.8. The van der Waals surface area contributed by atoms with Crippen LogP contribution in [0, 0.1) is 5.92 Å². The van der Waals surface area contributed by atoms with E-state index < -0.39 is 0 Å². The highest BCUT2D eigenvalue weighted by molar-refractivity contribution is 6.14. The summed E-state index contributed by atoms with van der Waals surface area (Å²) in [6.07, 6.45) is 14.4. The van der Waals surface area contributed by atoms with Crippen LogP contribution in [0.1, 0.15) is 13.3 Å². The summed E-state index contributed by atoms with van der Waals surface area (Å²) in [6, 6.07) is 79.6. The Hall–Kier alpha value is -9.25. The molecule has 4 nitrogen and oxygen atoms in total. The van der Waals surface area contributed by atoms with Crippen molar-refractivity contribution in [3.8, 4) is 50.2 Å². The molecule has 0 N–H and O–H groups in total. The Bertz CT molecular complexity index is 4330. The fourth-order valence-electron chi connectivity index (χ4n) is 11.4. The first-order valence-corrected chi connectivity index (χ1v) is 25.0. The number of allylic oxidation sites excluding steroid dienone is 6. The number of hydrogen-bond donors (Lipinski definition) is 0. The molecule has 4 heteroatoms. The van der Waals surface area contributed by atoms with Crippen LogP contribution in [-0.4, -0.2) is 18.7 Å². The third-order valence-electron chi connectivity index (χ3n) is 14.8. The SMILES string of the molecule is CC1C=C(n2c3ccccc3c3ccccc32)C=C(n2c3ccccc3c3cc(-c4cccc(-c5cncc(-c6cccc(-c7ccc8c(c7)c7ccccc7n8-c7ccccc7)c6)c5)c4)ccc32)C=CC1. The molecule has 0 fully saturated rings. The lowest BCUT2D eigenvalue weighted by molar-refractivity contribution is 0.742. The van der Waals surface area contributed by atoms with Crippen LogP contribution in [0.25, 0.3) is 127 Å². The molecule has 1 aliphatic carbocycles. The lowest BCUT2D eigenvalue weighted by atomic mass is 9.96. The molecule has 0 bridgehead atoms. The van der Waals surface area contributed by atoms with Crippen molar-refractivity contribution >= 4 is 76.8 Å². The molecule has 0 radical (unpaired) electrons. The maximum absolute atomic E-state index is 4.82. The van der Waals surface area contributed by atoms with Crippen molar-refractivity contribution in [2.24, 2.45) is 5.92 Å². The number of fused-ring (bicyclic) bond motifs is 9. The highest BCUT2D eigenvalue weighted by Crippen LogP contribution is 2.40. The number of aromatic nitrogens is 4. The van der Waals surface area contributed by atoms with Crippen LogP contribution in [0.5, 0.6) is 0 Å². The van der Waals surface area contributed by atoms with Gasteiger partial charge in [-0.05, 0) is 137 Å². The molecular weight excluding hydrogens is 873 g/mol. The second-order valence-electron chi connectivity index (χ2n) is 19.3. The van der Waals surface area contributed by atoms with Crippen LogP contribution in [-0.2, 0) is 0 Å². The quantitative estimate of drug-likeness (QED) is 0.157. The summed E-state index contributed by atoms with van der Waals surface area (Å²) in [4.78, 5) is 4.82. The van der Waals surface area contributed by atoms with Crippen LogP contribution in [0.4, 0.5) is 0 Å². The highest BCUT2D eigenvalue weighted by Gasteiger charge is 2.19. The molecule has 1 atom stereocenters. The molecule has 0 amide bonds. The molecular formula is C68H48N4. The molecule has 0 aliphatic heterocycles. The van der Waals surface area contributed by atoms with E-state index in [0.29, 0.717) is 5.92 Å². The van der Waals surface area contributed by atoms with E-state index in [1.807, 2.05) is 12.4 Å². The van der Waals surface area contributed by atoms with Crippen LogP contribution in [0.3, 0.4) is 0 Å². The number of rotatable bonds is 7. The number of para-hydroxylation sites is 5. The van der Waals surface area contributed by atoms with Crippen LogP contribution < -0.4 is 0 Å². The van der Waals surface area contributed by atoms with Gasteiger partial charge in [0.15, 0.2) is 0 Å². The Morgan fingerprint density at radius 2 is 0.750 bits per heavy atom. The lowest BCUT2D eigenvalue weighted by Gasteiger charge is -2.17. The van der Waals surface area contributed by atoms with E-state index in [-0.39, 0.29) is 0 Å². The summed E-state index contributed by atoms with van der Waals surface area (Å²) in [5.74, 6) is 0.378. The smallest absolute Gasteiger partial charge is 0.0541 e. The Labute approximate surface area is 418 Å². The lowest BCUT2D eigenvalue weighted by Crippen LogP contribution is -2.03. The van der Waals surface area contributed by atoms with Gasteiger partial charge < -0.3 is 13.7 Å². The van der Waals surface area contributed by atoms with E-state index in [4.69, 9.17) is 4.98 Å². The van der Waals surface area contributed by atoms with Crippen molar-refractivity contribution < 1.29 is 0 Å². The highest BCUT2D eigenvalue weighted by atomic mass is 15.0. The van der Waals surface area contributed by atoms with Gasteiger partial charge in [0.1, 0.15) is 0 Å². The normalized spacial score (nSPS) is 14.1. The van der Waals surface area contributed by atoms with Gasteiger partial charge in [-0.1, -0.05) is 159 Å². The van der Waals surface area contributed by atoms with Crippen molar-refractivity contribution in [3.63, 3.8) is 0 Å². The molecule has 0 saturated heterocycles. The van der Waals surface area contributed by atoms with Gasteiger partial charge in [-0.15, -0.1) is 0 Å². The Kier molecular flexibility index (Phi) is 9.85. The second-order valence-corrected chi connectivity index (χ2v) is 19.3. The largest absolute Gasteiger partial charge is 0.309 e. The van der Waals surface area contributed by atoms with Crippen molar-refractivity contribution in [2.45, 2.75) is 13.3 Å². The minimum absolute atomic E-state index is 0.378. The average Bonchev–Trinajstić information content (AvgIpc) is 4.07. The van der Waals surface area contributed by atoms with Crippen molar-refractivity contribution in [3.05, 3.63) is 255 Å². The van der Waals surface area contributed by atoms with Gasteiger partial charge >= 0.3 is 0 Å². The van der Waals surface area contributed by atoms with Gasteiger partial charge in [0.2, 0.25) is 0 Å². The summed E-state index contributed by atoms with van der Waals surface area (Å²) < 4.78 is 7.27. The first kappa shape index (κ1) is 41.7. The number of benzene rings is 9. The molecule has 72 heavy (non-hydrogen) atoms. The zero-order valence-electron chi connectivity index (χ0n) is 39.8. The summed E-state index contributed by atoms with van der Waals surface area (Å²) in [6.45, 7) is 2.31. The Morgan fingerprint density at radius 3 is 1.29 bits per heavy atom. The summed E-state index contributed by atoms with van der Waals surface area (Å²) in [7, 11) is 0. The molecule has 340 valence electrons. The van der Waals surface area contributed by atoms with Crippen LogP contribution >= 0.6 is 0 Å². The maximum Gasteiger partial charge on any atom is 0.0541 e. The third-order valence-corrected chi connectivity index (χ3v) is 14.8. The zero-order chi connectivity index (χ0) is 47.7. The fraction of sp³-hybridized carbons (Fsp3) is 0.0441. The Morgan fingerprint density at radius 1 is 0.347 bits per heavy atom. The van der Waals surface area contributed by atoms with Gasteiger partial charge in [0.05, 0.1) is 33.1 Å². The van der Waals surface area contributed by atoms with E-state index in [9.17, 15) is 0 Å². The van der Waals surface area contributed by atoms with E-state index in [2.05, 4.69) is 263 Å². The number of nitrogens with zero attached hydrogens (tertiary/aromatic N) is 4. The van der Waals surface area contributed by atoms with Gasteiger partial charge in [-0.25, -0.2) is 0 Å². The average molecular weight is 921 g/mol. The van der Waals surface area contributed by atoms with Crippen molar-refractivity contribution in [2.75, 3.05) is 0 Å². The number of hydrogen-bond acceptors (Lipinski definition) is 1. The molecule has 4 heterocycles. The van der Waals surface area contributed by atoms with Gasteiger partial charge in [-0.3, -0.25) is 4.98 Å². The van der Waals surface area contributed by atoms with Gasteiger partial charge in [0, 0.05) is 72.9 Å². The molecule has 0 saturated carbocycles.